The predicted molar refractivity (Wildman–Crippen MR) is 133 cm³/mol. The number of aromatic nitrogens is 1. The van der Waals surface area contributed by atoms with Crippen molar-refractivity contribution < 1.29 is 41.2 Å². The zero-order valence-electron chi connectivity index (χ0n) is 20.8. The van der Waals surface area contributed by atoms with Gasteiger partial charge in [-0.2, -0.15) is 4.57 Å². The van der Waals surface area contributed by atoms with Crippen molar-refractivity contribution in [3.8, 4) is 28.7 Å². The molecule has 0 aliphatic heterocycles. The Balaban J connectivity index is 0.000000623. The maximum Gasteiger partial charge on any atom is 0.221 e. The molecule has 0 unspecified atom stereocenters. The molecule has 0 saturated heterocycles. The average molecular weight is 504 g/mol. The minimum absolute atomic E-state index is 0.559. The van der Waals surface area contributed by atoms with Crippen LogP contribution in [-0.2, 0) is 17.2 Å². The van der Waals surface area contributed by atoms with Crippen molar-refractivity contribution in [3.05, 3.63) is 36.5 Å². The van der Waals surface area contributed by atoms with Crippen LogP contribution < -0.4 is 28.3 Å². The summed E-state index contributed by atoms with van der Waals surface area (Å²) >= 11 is 0. The van der Waals surface area contributed by atoms with Gasteiger partial charge in [0.05, 0.1) is 61.3 Å². The lowest BCUT2D eigenvalue weighted by molar-refractivity contribution is -0.642. The van der Waals surface area contributed by atoms with E-state index in [0.717, 1.165) is 38.2 Å². The number of rotatable bonds is 6. The van der Waals surface area contributed by atoms with Gasteiger partial charge in [-0.1, -0.05) is 0 Å². The third-order valence-electron chi connectivity index (χ3n) is 5.41. The largest absolute Gasteiger partial charge is 0.748 e. The van der Waals surface area contributed by atoms with E-state index in [4.69, 9.17) is 36.7 Å². The van der Waals surface area contributed by atoms with E-state index in [1.807, 2.05) is 38.2 Å². The normalized spacial score (nSPS) is 11.2. The van der Waals surface area contributed by atoms with Gasteiger partial charge in [-0.3, -0.25) is 0 Å². The SMILES string of the molecule is CCOc1cc2c3cc(OC)c(OC)cc3c[n+](C)c2c2cc(OC)c(OC)cc12.CS(=O)(=O)[O-]. The molecule has 0 aliphatic rings. The van der Waals surface area contributed by atoms with E-state index in [1.165, 1.54) is 0 Å². The smallest absolute Gasteiger partial charge is 0.221 e. The first kappa shape index (κ1) is 26.1. The fourth-order valence-electron chi connectivity index (χ4n) is 4.07. The van der Waals surface area contributed by atoms with Crippen LogP contribution in [0.2, 0.25) is 0 Å². The average Bonchev–Trinajstić information content (AvgIpc) is 2.81. The highest BCUT2D eigenvalue weighted by molar-refractivity contribution is 7.84. The molecule has 9 nitrogen and oxygen atoms in total. The zero-order chi connectivity index (χ0) is 25.9. The van der Waals surface area contributed by atoms with Crippen molar-refractivity contribution in [2.75, 3.05) is 41.3 Å². The highest BCUT2D eigenvalue weighted by Gasteiger charge is 2.22. The minimum atomic E-state index is -3.92. The molecule has 1 aromatic heterocycles. The van der Waals surface area contributed by atoms with Crippen LogP contribution in [0, 0.1) is 0 Å². The molecular weight excluding hydrogens is 474 g/mol. The molecular formula is C25H29NO8S. The Morgan fingerprint density at radius 1 is 0.743 bits per heavy atom. The highest BCUT2D eigenvalue weighted by atomic mass is 32.2. The first-order valence-electron chi connectivity index (χ1n) is 10.7. The van der Waals surface area contributed by atoms with Gasteiger partial charge in [0.15, 0.2) is 29.2 Å². The molecule has 10 heteroatoms. The standard InChI is InChI=1S/C24H26NO5.CH4O3S/c1-7-30-19-11-17-15-9-21(27-4)20(26-3)8-14(15)13-25(2)24(17)18-12-23(29-6)22(28-5)10-16(18)19;1-5(2,3)4/h8-13H,7H2,1-6H3;1H3,(H,2,3,4)/q+1;/p-1. The van der Waals surface area contributed by atoms with Gasteiger partial charge in [0.2, 0.25) is 5.52 Å². The quantitative estimate of drug-likeness (QED) is 0.223. The molecule has 3 aromatic carbocycles. The van der Waals surface area contributed by atoms with E-state index in [9.17, 15) is 0 Å². The van der Waals surface area contributed by atoms with Crippen molar-refractivity contribution in [2.45, 2.75) is 6.92 Å². The number of pyridine rings is 1. The molecule has 0 bridgehead atoms. The van der Waals surface area contributed by atoms with E-state index >= 15 is 0 Å². The lowest BCUT2D eigenvalue weighted by atomic mass is 9.99. The summed E-state index contributed by atoms with van der Waals surface area (Å²) in [6.07, 6.45) is 2.70. The molecule has 4 rings (SSSR count). The van der Waals surface area contributed by atoms with Crippen LogP contribution in [0.1, 0.15) is 6.92 Å². The third kappa shape index (κ3) is 5.44. The highest BCUT2D eigenvalue weighted by Crippen LogP contribution is 2.42. The molecule has 188 valence electrons. The predicted octanol–water partition coefficient (Wildman–Crippen LogP) is 3.57. The molecule has 0 saturated carbocycles. The van der Waals surface area contributed by atoms with E-state index in [0.29, 0.717) is 35.9 Å². The van der Waals surface area contributed by atoms with Crippen LogP contribution in [0.5, 0.6) is 28.7 Å². The Bertz CT molecular complexity index is 1490. The van der Waals surface area contributed by atoms with Crippen LogP contribution in [0.25, 0.3) is 32.4 Å². The van der Waals surface area contributed by atoms with Crippen molar-refractivity contribution in [1.82, 2.24) is 0 Å². The summed E-state index contributed by atoms with van der Waals surface area (Å²) in [6, 6.07) is 10.1. The van der Waals surface area contributed by atoms with Crippen LogP contribution in [0.4, 0.5) is 0 Å². The summed E-state index contributed by atoms with van der Waals surface area (Å²) in [5, 5.41) is 5.15. The minimum Gasteiger partial charge on any atom is -0.748 e. The van der Waals surface area contributed by atoms with Gasteiger partial charge in [-0.15, -0.1) is 0 Å². The van der Waals surface area contributed by atoms with Crippen LogP contribution in [0.3, 0.4) is 0 Å². The molecule has 35 heavy (non-hydrogen) atoms. The first-order valence-corrected chi connectivity index (χ1v) is 12.5. The van der Waals surface area contributed by atoms with Gasteiger partial charge in [0, 0.05) is 17.0 Å². The Labute approximate surface area is 204 Å². The van der Waals surface area contributed by atoms with Crippen molar-refractivity contribution >= 4 is 42.6 Å². The Morgan fingerprint density at radius 3 is 1.63 bits per heavy atom. The maximum atomic E-state index is 9.08. The second-order valence-corrected chi connectivity index (χ2v) is 9.10. The number of ether oxygens (including phenoxy) is 5. The Kier molecular flexibility index (Phi) is 7.76. The second kappa shape index (κ2) is 10.4. The number of fused-ring (bicyclic) bond motifs is 5. The first-order chi connectivity index (χ1) is 16.6. The Hall–Kier alpha value is -3.50. The summed E-state index contributed by atoms with van der Waals surface area (Å²) in [7, 11) is 4.69. The third-order valence-corrected chi connectivity index (χ3v) is 5.41. The summed E-state index contributed by atoms with van der Waals surface area (Å²) in [4.78, 5) is 0. The van der Waals surface area contributed by atoms with E-state index in [2.05, 4.69) is 16.8 Å². The maximum absolute atomic E-state index is 9.08. The fraction of sp³-hybridized carbons (Fsp3) is 0.320. The summed E-state index contributed by atoms with van der Waals surface area (Å²) in [6.45, 7) is 2.54. The van der Waals surface area contributed by atoms with Gasteiger partial charge < -0.3 is 28.2 Å². The van der Waals surface area contributed by atoms with Crippen LogP contribution in [-0.4, -0.2) is 54.3 Å². The van der Waals surface area contributed by atoms with Gasteiger partial charge in [0.1, 0.15) is 12.8 Å². The van der Waals surface area contributed by atoms with Crippen molar-refractivity contribution in [1.29, 1.82) is 0 Å². The molecule has 0 amide bonds. The van der Waals surface area contributed by atoms with Crippen molar-refractivity contribution in [3.63, 3.8) is 0 Å². The van der Waals surface area contributed by atoms with E-state index in [-0.39, 0.29) is 0 Å². The van der Waals surface area contributed by atoms with Crippen LogP contribution in [0.15, 0.2) is 36.5 Å². The second-order valence-electron chi connectivity index (χ2n) is 7.70. The molecule has 0 spiro atoms. The fourth-order valence-corrected chi connectivity index (χ4v) is 4.07. The number of hydrogen-bond donors (Lipinski definition) is 0. The van der Waals surface area contributed by atoms with E-state index in [1.54, 1.807) is 28.4 Å². The number of benzene rings is 3. The van der Waals surface area contributed by atoms with Crippen molar-refractivity contribution in [2.24, 2.45) is 7.05 Å². The monoisotopic (exact) mass is 503 g/mol. The molecule has 0 N–H and O–H groups in total. The molecule has 0 fully saturated rings. The molecule has 4 aromatic rings. The van der Waals surface area contributed by atoms with Gasteiger partial charge >= 0.3 is 0 Å². The topological polar surface area (TPSA) is 107 Å². The lowest BCUT2D eigenvalue weighted by Gasteiger charge is -2.15. The summed E-state index contributed by atoms with van der Waals surface area (Å²) in [5.74, 6) is 3.52. The molecule has 0 atom stereocenters. The lowest BCUT2D eigenvalue weighted by Crippen LogP contribution is -2.28. The van der Waals surface area contributed by atoms with E-state index < -0.39 is 10.1 Å². The molecule has 1 heterocycles. The van der Waals surface area contributed by atoms with Gasteiger partial charge in [-0.05, 0) is 37.3 Å². The van der Waals surface area contributed by atoms with Crippen LogP contribution >= 0.6 is 0 Å². The number of methoxy groups -OCH3 is 4. The molecule has 0 aliphatic carbocycles. The number of nitrogens with zero attached hydrogens (tertiary/aromatic N) is 1. The Morgan fingerprint density at radius 2 is 1.14 bits per heavy atom. The van der Waals surface area contributed by atoms with Gasteiger partial charge in [-0.25, -0.2) is 8.42 Å². The molecule has 0 radical (unpaired) electrons. The number of hydrogen-bond acceptors (Lipinski definition) is 8. The summed E-state index contributed by atoms with van der Waals surface area (Å²) in [5.41, 5.74) is 1.06. The number of aryl methyl sites for hydroxylation is 1. The van der Waals surface area contributed by atoms with Gasteiger partial charge in [0.25, 0.3) is 0 Å². The summed E-state index contributed by atoms with van der Waals surface area (Å²) < 4.78 is 57.5. The zero-order valence-corrected chi connectivity index (χ0v) is 21.6.